The van der Waals surface area contributed by atoms with Crippen molar-refractivity contribution in [3.8, 4) is 5.75 Å². The van der Waals surface area contributed by atoms with Crippen molar-refractivity contribution >= 4 is 51.4 Å². The van der Waals surface area contributed by atoms with Gasteiger partial charge in [0.25, 0.3) is 11.1 Å². The van der Waals surface area contributed by atoms with Crippen LogP contribution in [-0.4, -0.2) is 45.3 Å². The lowest BCUT2D eigenvalue weighted by atomic mass is 10.2. The molecule has 2 aromatic rings. The van der Waals surface area contributed by atoms with Crippen molar-refractivity contribution in [1.82, 2.24) is 15.1 Å². The van der Waals surface area contributed by atoms with Crippen LogP contribution in [0.4, 0.5) is 9.93 Å². The summed E-state index contributed by atoms with van der Waals surface area (Å²) < 4.78 is 5.38. The number of hydrogen-bond acceptors (Lipinski definition) is 8. The van der Waals surface area contributed by atoms with Gasteiger partial charge >= 0.3 is 0 Å². The van der Waals surface area contributed by atoms with Crippen molar-refractivity contribution in [1.29, 1.82) is 0 Å². The van der Waals surface area contributed by atoms with Crippen molar-refractivity contribution in [3.05, 3.63) is 39.7 Å². The number of rotatable bonds is 7. The van der Waals surface area contributed by atoms with Gasteiger partial charge in [-0.25, -0.2) is 0 Å². The normalized spacial score (nSPS) is 15.4. The summed E-state index contributed by atoms with van der Waals surface area (Å²) in [6.07, 6.45) is 2.34. The highest BCUT2D eigenvalue weighted by Crippen LogP contribution is 2.32. The number of carbonyl (C=O) groups is 3. The quantitative estimate of drug-likeness (QED) is 0.689. The minimum absolute atomic E-state index is 0.270. The Morgan fingerprint density at radius 2 is 1.96 bits per heavy atom. The second-order valence-corrected chi connectivity index (χ2v) is 7.73. The topological polar surface area (TPSA) is 101 Å². The summed E-state index contributed by atoms with van der Waals surface area (Å²) in [7, 11) is 0. The lowest BCUT2D eigenvalue weighted by molar-refractivity contribution is -0.127. The van der Waals surface area contributed by atoms with E-state index < -0.39 is 17.1 Å². The number of thioether (sulfide) groups is 1. The number of hydrogen-bond donors (Lipinski definition) is 1. The first-order valence-corrected chi connectivity index (χ1v) is 10.2. The van der Waals surface area contributed by atoms with Gasteiger partial charge in [0.05, 0.1) is 11.5 Å². The van der Waals surface area contributed by atoms with Crippen LogP contribution in [0.25, 0.3) is 6.08 Å². The van der Waals surface area contributed by atoms with Gasteiger partial charge in [0.2, 0.25) is 11.0 Å². The summed E-state index contributed by atoms with van der Waals surface area (Å²) in [5.74, 6) is -0.263. The number of benzene rings is 1. The molecule has 10 heteroatoms. The van der Waals surface area contributed by atoms with E-state index in [2.05, 4.69) is 15.5 Å². The molecule has 8 nitrogen and oxygen atoms in total. The van der Waals surface area contributed by atoms with Crippen molar-refractivity contribution in [3.63, 3.8) is 0 Å². The van der Waals surface area contributed by atoms with Crippen molar-refractivity contribution in [2.24, 2.45) is 0 Å². The second-order valence-electron chi connectivity index (χ2n) is 5.67. The molecular formula is C18H18N4O4S2. The maximum atomic E-state index is 12.5. The van der Waals surface area contributed by atoms with Crippen molar-refractivity contribution in [2.45, 2.75) is 20.3 Å². The van der Waals surface area contributed by atoms with Gasteiger partial charge in [-0.2, -0.15) is 0 Å². The van der Waals surface area contributed by atoms with E-state index in [0.29, 0.717) is 18.2 Å². The van der Waals surface area contributed by atoms with Crippen LogP contribution in [0.5, 0.6) is 5.75 Å². The third kappa shape index (κ3) is 4.76. The fourth-order valence-corrected chi connectivity index (χ4v) is 3.90. The minimum Gasteiger partial charge on any atom is -0.494 e. The summed E-state index contributed by atoms with van der Waals surface area (Å²) in [4.78, 5) is 38.0. The van der Waals surface area contributed by atoms with Crippen LogP contribution >= 0.6 is 23.1 Å². The molecule has 1 aliphatic heterocycles. The van der Waals surface area contributed by atoms with Crippen LogP contribution in [0.2, 0.25) is 0 Å². The predicted molar refractivity (Wildman–Crippen MR) is 108 cm³/mol. The number of amides is 3. The molecule has 2 heterocycles. The fourth-order valence-electron chi connectivity index (χ4n) is 2.36. The number of carbonyl (C=O) groups excluding carboxylic acids is 3. The van der Waals surface area contributed by atoms with E-state index in [-0.39, 0.29) is 11.4 Å². The van der Waals surface area contributed by atoms with Crippen molar-refractivity contribution < 1.29 is 19.1 Å². The maximum absolute atomic E-state index is 12.5. The van der Waals surface area contributed by atoms with E-state index in [1.54, 1.807) is 30.3 Å². The van der Waals surface area contributed by atoms with Crippen LogP contribution in [0.1, 0.15) is 24.4 Å². The molecule has 0 atom stereocenters. The first-order valence-electron chi connectivity index (χ1n) is 8.60. The van der Waals surface area contributed by atoms with Gasteiger partial charge in [-0.1, -0.05) is 30.4 Å². The number of nitrogens with one attached hydrogen (secondary N) is 1. The summed E-state index contributed by atoms with van der Waals surface area (Å²) in [6, 6.07) is 7.18. The maximum Gasteiger partial charge on any atom is 0.294 e. The van der Waals surface area contributed by atoms with Crippen LogP contribution in [0.15, 0.2) is 29.2 Å². The van der Waals surface area contributed by atoms with E-state index in [0.717, 1.165) is 33.0 Å². The highest BCUT2D eigenvalue weighted by Gasteiger charge is 2.36. The summed E-state index contributed by atoms with van der Waals surface area (Å²) in [6.45, 7) is 4.03. The Morgan fingerprint density at radius 3 is 2.61 bits per heavy atom. The molecule has 0 radical (unpaired) electrons. The Labute approximate surface area is 170 Å². The Balaban J connectivity index is 1.64. The highest BCUT2D eigenvalue weighted by molar-refractivity contribution is 8.18. The van der Waals surface area contributed by atoms with E-state index >= 15 is 0 Å². The third-order valence-electron chi connectivity index (χ3n) is 3.68. The average Bonchev–Trinajstić information content (AvgIpc) is 3.23. The van der Waals surface area contributed by atoms with Crippen LogP contribution < -0.4 is 10.1 Å². The molecule has 0 saturated carbocycles. The predicted octanol–water partition coefficient (Wildman–Crippen LogP) is 3.17. The first kappa shape index (κ1) is 20.0. The molecule has 1 aliphatic rings. The Hall–Kier alpha value is -2.72. The lowest BCUT2D eigenvalue weighted by Gasteiger charge is -2.11. The first-order chi connectivity index (χ1) is 13.5. The molecular weight excluding hydrogens is 400 g/mol. The molecule has 28 heavy (non-hydrogen) atoms. The monoisotopic (exact) mass is 418 g/mol. The number of aromatic nitrogens is 2. The van der Waals surface area contributed by atoms with Crippen LogP contribution in [0.3, 0.4) is 0 Å². The van der Waals surface area contributed by atoms with Gasteiger partial charge < -0.3 is 4.74 Å². The van der Waals surface area contributed by atoms with Gasteiger partial charge in [0, 0.05) is 0 Å². The molecule has 1 N–H and O–H groups in total. The Kier molecular flexibility index (Phi) is 6.42. The summed E-state index contributed by atoms with van der Waals surface area (Å²) in [5.41, 5.74) is 0.763. The van der Waals surface area contributed by atoms with Gasteiger partial charge in [-0.05, 0) is 48.9 Å². The zero-order chi connectivity index (χ0) is 20.1. The standard InChI is InChI=1S/C18H18N4O4S2/c1-3-15-20-21-17(28-15)19-14(23)10-22-16(24)13(27-18(22)25)9-11-5-7-12(8-6-11)26-4-2/h5-9H,3-4,10H2,1-2H3,(H,19,21,23)/b13-9+. The van der Waals surface area contributed by atoms with Crippen molar-refractivity contribution in [2.75, 3.05) is 18.5 Å². The van der Waals surface area contributed by atoms with E-state index in [4.69, 9.17) is 4.74 Å². The number of aryl methyl sites for hydroxylation is 1. The van der Waals surface area contributed by atoms with E-state index in [9.17, 15) is 14.4 Å². The van der Waals surface area contributed by atoms with Gasteiger partial charge in [0.15, 0.2) is 0 Å². The van der Waals surface area contributed by atoms with Gasteiger partial charge in [0.1, 0.15) is 17.3 Å². The van der Waals surface area contributed by atoms with E-state index in [1.165, 1.54) is 11.3 Å². The molecule has 1 saturated heterocycles. The number of imide groups is 1. The number of nitrogens with zero attached hydrogens (tertiary/aromatic N) is 3. The zero-order valence-corrected chi connectivity index (χ0v) is 16.9. The SMILES string of the molecule is CCOc1ccc(/C=C2/SC(=O)N(CC(=O)Nc3nnc(CC)s3)C2=O)cc1. The zero-order valence-electron chi connectivity index (χ0n) is 15.3. The lowest BCUT2D eigenvalue weighted by Crippen LogP contribution is -2.36. The molecule has 3 rings (SSSR count). The molecule has 146 valence electrons. The largest absolute Gasteiger partial charge is 0.494 e. The Morgan fingerprint density at radius 1 is 1.21 bits per heavy atom. The number of anilines is 1. The van der Waals surface area contributed by atoms with Gasteiger partial charge in [-0.3, -0.25) is 24.6 Å². The summed E-state index contributed by atoms with van der Waals surface area (Å²) in [5, 5.41) is 11.0. The van der Waals surface area contributed by atoms with E-state index in [1.807, 2.05) is 13.8 Å². The third-order valence-corrected chi connectivity index (χ3v) is 5.57. The Bertz CT molecular complexity index is 924. The highest BCUT2D eigenvalue weighted by atomic mass is 32.2. The molecule has 0 unspecified atom stereocenters. The van der Waals surface area contributed by atoms with Crippen LogP contribution in [-0.2, 0) is 16.0 Å². The molecule has 0 aliphatic carbocycles. The smallest absolute Gasteiger partial charge is 0.294 e. The molecule has 0 bridgehead atoms. The molecule has 1 aromatic heterocycles. The summed E-state index contributed by atoms with van der Waals surface area (Å²) >= 11 is 2.07. The molecule has 3 amide bonds. The fraction of sp³-hybridized carbons (Fsp3) is 0.278. The molecule has 1 fully saturated rings. The molecule has 0 spiro atoms. The van der Waals surface area contributed by atoms with Crippen LogP contribution in [0, 0.1) is 0 Å². The number of ether oxygens (including phenoxy) is 1. The second kappa shape index (κ2) is 8.98. The average molecular weight is 419 g/mol. The molecule has 1 aromatic carbocycles. The minimum atomic E-state index is -0.497. The van der Waals surface area contributed by atoms with Gasteiger partial charge in [-0.15, -0.1) is 10.2 Å².